The Hall–Kier alpha value is -1.69. The molecule has 2 N–H and O–H groups in total. The number of thioether (sulfide) groups is 1. The van der Waals surface area contributed by atoms with Gasteiger partial charge in [0.2, 0.25) is 5.91 Å². The number of ether oxygens (including phenoxy) is 1. The van der Waals surface area contributed by atoms with Crippen molar-refractivity contribution < 1.29 is 19.4 Å². The van der Waals surface area contributed by atoms with Crippen LogP contribution in [-0.2, 0) is 9.59 Å². The fraction of sp³-hybridized carbons (Fsp3) is 0.467. The van der Waals surface area contributed by atoms with Crippen molar-refractivity contribution in [3.63, 3.8) is 0 Å². The van der Waals surface area contributed by atoms with Crippen LogP contribution in [0.25, 0.3) is 0 Å². The summed E-state index contributed by atoms with van der Waals surface area (Å²) in [6.07, 6.45) is 1.15. The van der Waals surface area contributed by atoms with E-state index in [0.29, 0.717) is 19.4 Å². The van der Waals surface area contributed by atoms with E-state index in [1.807, 2.05) is 38.1 Å². The highest BCUT2D eigenvalue weighted by Crippen LogP contribution is 2.21. The second-order valence-electron chi connectivity index (χ2n) is 4.44. The number of nitrogens with one attached hydrogen (secondary N) is 1. The maximum Gasteiger partial charge on any atom is 0.326 e. The highest BCUT2D eigenvalue weighted by atomic mass is 32.2. The minimum atomic E-state index is -0.990. The molecule has 0 aliphatic carbocycles. The monoisotopic (exact) mass is 311 g/mol. The molecule has 6 heteroatoms. The molecule has 0 spiro atoms. The van der Waals surface area contributed by atoms with Gasteiger partial charge in [-0.25, -0.2) is 4.79 Å². The van der Waals surface area contributed by atoms with Gasteiger partial charge in [-0.15, -0.1) is 11.8 Å². The Labute approximate surface area is 129 Å². The van der Waals surface area contributed by atoms with E-state index < -0.39 is 12.0 Å². The molecule has 0 saturated carbocycles. The van der Waals surface area contributed by atoms with Crippen LogP contribution >= 0.6 is 11.8 Å². The molecule has 0 fully saturated rings. The molecule has 1 atom stereocenters. The summed E-state index contributed by atoms with van der Waals surface area (Å²) in [7, 11) is 0. The second kappa shape index (κ2) is 9.28. The minimum absolute atomic E-state index is 0.196. The molecule has 21 heavy (non-hydrogen) atoms. The molecule has 0 saturated heterocycles. The van der Waals surface area contributed by atoms with Crippen LogP contribution < -0.4 is 10.1 Å². The van der Waals surface area contributed by atoms with Crippen LogP contribution in [0.3, 0.4) is 0 Å². The third-order valence-corrected chi connectivity index (χ3v) is 3.73. The third kappa shape index (κ3) is 6.53. The fourth-order valence-corrected chi connectivity index (χ4v) is 2.44. The van der Waals surface area contributed by atoms with E-state index in [4.69, 9.17) is 9.84 Å². The summed E-state index contributed by atoms with van der Waals surface area (Å²) < 4.78 is 5.34. The summed E-state index contributed by atoms with van der Waals surface area (Å²) in [5, 5.41) is 11.5. The Bertz CT molecular complexity index is 461. The number of carboxylic acids is 1. The normalized spacial score (nSPS) is 11.7. The van der Waals surface area contributed by atoms with Crippen LogP contribution in [0.1, 0.15) is 26.7 Å². The molecular formula is C15H21NO4S. The smallest absolute Gasteiger partial charge is 0.326 e. The maximum absolute atomic E-state index is 11.8. The van der Waals surface area contributed by atoms with Gasteiger partial charge in [0.25, 0.3) is 0 Å². The van der Waals surface area contributed by atoms with Crippen molar-refractivity contribution in [3.8, 4) is 5.75 Å². The minimum Gasteiger partial charge on any atom is -0.494 e. The molecule has 1 rings (SSSR count). The molecule has 0 bridgehead atoms. The van der Waals surface area contributed by atoms with Crippen LogP contribution in [0.5, 0.6) is 5.75 Å². The molecule has 1 aromatic rings. The average molecular weight is 311 g/mol. The summed E-state index contributed by atoms with van der Waals surface area (Å²) in [4.78, 5) is 23.7. The first-order valence-electron chi connectivity index (χ1n) is 6.94. The lowest BCUT2D eigenvalue weighted by molar-refractivity contribution is -0.141. The highest BCUT2D eigenvalue weighted by molar-refractivity contribution is 8.00. The zero-order chi connectivity index (χ0) is 15.7. The van der Waals surface area contributed by atoms with Crippen molar-refractivity contribution in [2.45, 2.75) is 37.6 Å². The van der Waals surface area contributed by atoms with Gasteiger partial charge >= 0.3 is 5.97 Å². The van der Waals surface area contributed by atoms with Crippen molar-refractivity contribution >= 4 is 23.6 Å². The Balaban J connectivity index is 2.43. The van der Waals surface area contributed by atoms with Gasteiger partial charge in [-0.3, -0.25) is 4.79 Å². The highest BCUT2D eigenvalue weighted by Gasteiger charge is 2.18. The van der Waals surface area contributed by atoms with Crippen molar-refractivity contribution in [2.75, 3.05) is 12.4 Å². The number of carbonyl (C=O) groups excluding carboxylic acids is 1. The van der Waals surface area contributed by atoms with Crippen molar-refractivity contribution in [3.05, 3.63) is 24.3 Å². The quantitative estimate of drug-likeness (QED) is 0.685. The van der Waals surface area contributed by atoms with Crippen LogP contribution in [0.2, 0.25) is 0 Å². The average Bonchev–Trinajstić information content (AvgIpc) is 2.46. The topological polar surface area (TPSA) is 75.6 Å². The van der Waals surface area contributed by atoms with Crippen molar-refractivity contribution in [1.29, 1.82) is 0 Å². The van der Waals surface area contributed by atoms with Crippen molar-refractivity contribution in [1.82, 2.24) is 5.32 Å². The van der Waals surface area contributed by atoms with Gasteiger partial charge in [0.05, 0.1) is 12.4 Å². The van der Waals surface area contributed by atoms with E-state index in [2.05, 4.69) is 5.32 Å². The molecule has 1 unspecified atom stereocenters. The molecule has 1 aromatic carbocycles. The number of amides is 1. The number of benzene rings is 1. The summed E-state index contributed by atoms with van der Waals surface area (Å²) in [6.45, 7) is 4.42. The Morgan fingerprint density at radius 3 is 2.48 bits per heavy atom. The zero-order valence-electron chi connectivity index (χ0n) is 12.3. The molecule has 0 aliphatic rings. The first kappa shape index (κ1) is 17.4. The molecule has 116 valence electrons. The molecule has 1 amide bonds. The van der Waals surface area contributed by atoms with E-state index in [1.54, 1.807) is 0 Å². The van der Waals surface area contributed by atoms with E-state index in [9.17, 15) is 9.59 Å². The number of carboxylic acid groups (broad SMARTS) is 1. The van der Waals surface area contributed by atoms with Gasteiger partial charge in [0.15, 0.2) is 0 Å². The van der Waals surface area contributed by atoms with E-state index in [0.717, 1.165) is 10.6 Å². The summed E-state index contributed by atoms with van der Waals surface area (Å²) >= 11 is 1.37. The van der Waals surface area contributed by atoms with E-state index in [-0.39, 0.29) is 11.7 Å². The van der Waals surface area contributed by atoms with Gasteiger partial charge < -0.3 is 15.2 Å². The first-order valence-corrected chi connectivity index (χ1v) is 7.93. The van der Waals surface area contributed by atoms with Crippen molar-refractivity contribution in [2.24, 2.45) is 0 Å². The van der Waals surface area contributed by atoms with Crippen LogP contribution in [0.4, 0.5) is 0 Å². The maximum atomic E-state index is 11.8. The van der Waals surface area contributed by atoms with Gasteiger partial charge in [-0.05, 0) is 37.6 Å². The molecule has 0 aromatic heterocycles. The van der Waals surface area contributed by atoms with Crippen LogP contribution in [0, 0.1) is 0 Å². The predicted octanol–water partition coefficient (Wildman–Crippen LogP) is 2.55. The lowest BCUT2D eigenvalue weighted by atomic mass is 10.2. The standard InChI is InChI=1S/C15H21NO4S/c1-3-5-13(15(18)19)16-14(17)10-21-12-8-6-11(7-9-12)20-4-2/h6-9,13H,3-5,10H2,1-2H3,(H,16,17)(H,18,19). The number of hydrogen-bond acceptors (Lipinski definition) is 4. The molecule has 0 aliphatic heterocycles. The number of hydrogen-bond donors (Lipinski definition) is 2. The SMILES string of the molecule is CCCC(NC(=O)CSc1ccc(OCC)cc1)C(=O)O. The largest absolute Gasteiger partial charge is 0.494 e. The number of carbonyl (C=O) groups is 2. The van der Waals surface area contributed by atoms with E-state index in [1.165, 1.54) is 11.8 Å². The molecule has 0 heterocycles. The summed E-state index contributed by atoms with van der Waals surface area (Å²) in [5.74, 6) is -0.271. The lowest BCUT2D eigenvalue weighted by Gasteiger charge is -2.13. The van der Waals surface area contributed by atoms with Gasteiger partial charge in [-0.1, -0.05) is 13.3 Å². The third-order valence-electron chi connectivity index (χ3n) is 2.72. The van der Waals surface area contributed by atoms with Gasteiger partial charge in [-0.2, -0.15) is 0 Å². The summed E-state index contributed by atoms with van der Waals surface area (Å²) in [5.41, 5.74) is 0. The first-order chi connectivity index (χ1) is 10.1. The lowest BCUT2D eigenvalue weighted by Crippen LogP contribution is -2.41. The number of aliphatic carboxylic acids is 1. The van der Waals surface area contributed by atoms with Gasteiger partial charge in [0, 0.05) is 4.90 Å². The van der Waals surface area contributed by atoms with E-state index >= 15 is 0 Å². The second-order valence-corrected chi connectivity index (χ2v) is 5.49. The fourth-order valence-electron chi connectivity index (χ4n) is 1.73. The van der Waals surface area contributed by atoms with Crippen LogP contribution in [0.15, 0.2) is 29.2 Å². The molecule has 5 nitrogen and oxygen atoms in total. The number of rotatable bonds is 9. The molecular weight excluding hydrogens is 290 g/mol. The molecule has 0 radical (unpaired) electrons. The van der Waals surface area contributed by atoms with Crippen LogP contribution in [-0.4, -0.2) is 35.4 Å². The predicted molar refractivity (Wildman–Crippen MR) is 82.8 cm³/mol. The Kier molecular flexibility index (Phi) is 7.68. The summed E-state index contributed by atoms with van der Waals surface area (Å²) in [6, 6.07) is 6.65. The Morgan fingerprint density at radius 1 is 1.29 bits per heavy atom. The Morgan fingerprint density at radius 2 is 1.95 bits per heavy atom. The van der Waals surface area contributed by atoms with Gasteiger partial charge in [0.1, 0.15) is 11.8 Å². The zero-order valence-corrected chi connectivity index (χ0v) is 13.1.